The normalized spacial score (nSPS) is 12.7. The molecule has 1 aromatic heterocycles. The van der Waals surface area contributed by atoms with Crippen LogP contribution in [0.2, 0.25) is 0 Å². The van der Waals surface area contributed by atoms with Crippen LogP contribution >= 0.6 is 11.3 Å². The second-order valence-corrected chi connectivity index (χ2v) is 12.9. The lowest BCUT2D eigenvalue weighted by atomic mass is 9.93. The van der Waals surface area contributed by atoms with E-state index >= 15 is 0 Å². The smallest absolute Gasteiger partial charge is 0.190 e. The highest BCUT2D eigenvalue weighted by atomic mass is 32.2. The number of ketones is 1. The maximum Gasteiger partial charge on any atom is 0.190 e. The Balaban J connectivity index is 1.85. The van der Waals surface area contributed by atoms with Crippen LogP contribution in [0.3, 0.4) is 0 Å². The van der Waals surface area contributed by atoms with Gasteiger partial charge in [0.2, 0.25) is 0 Å². The molecule has 0 amide bonds. The predicted molar refractivity (Wildman–Crippen MR) is 127 cm³/mol. The van der Waals surface area contributed by atoms with Crippen LogP contribution in [0.4, 0.5) is 0 Å². The van der Waals surface area contributed by atoms with Crippen LogP contribution in [0.25, 0.3) is 11.1 Å². The molecule has 164 valence electrons. The minimum absolute atomic E-state index is 0.00984. The maximum absolute atomic E-state index is 13.3. The third kappa shape index (κ3) is 4.65. The van der Waals surface area contributed by atoms with Crippen molar-refractivity contribution in [3.05, 3.63) is 70.2 Å². The molecule has 0 unspecified atom stereocenters. The standard InChI is InChI=1S/C25H29NO3S2/c1-17-23(24(2,3)4)30-22(26-17)16-21(27)25(5,6)31(28,29)20-14-12-19(13-15-20)18-10-8-7-9-11-18/h7-15H,16H2,1-6H3. The number of aryl methyl sites for hydroxylation is 1. The van der Waals surface area contributed by atoms with Gasteiger partial charge in [0.15, 0.2) is 15.6 Å². The van der Waals surface area contributed by atoms with Gasteiger partial charge in [-0.3, -0.25) is 4.79 Å². The molecule has 0 fully saturated rings. The van der Waals surface area contributed by atoms with Crippen molar-refractivity contribution in [1.82, 2.24) is 4.98 Å². The number of hydrogen-bond donors (Lipinski definition) is 0. The van der Waals surface area contributed by atoms with E-state index in [9.17, 15) is 13.2 Å². The molecule has 6 heteroatoms. The summed E-state index contributed by atoms with van der Waals surface area (Å²) in [6.07, 6.45) is 0.00984. The monoisotopic (exact) mass is 455 g/mol. The molecule has 0 radical (unpaired) electrons. The number of carbonyl (C=O) groups is 1. The Morgan fingerprint density at radius 3 is 1.97 bits per heavy atom. The molecule has 3 aromatic rings. The highest BCUT2D eigenvalue weighted by Crippen LogP contribution is 2.33. The first-order valence-electron chi connectivity index (χ1n) is 10.2. The van der Waals surface area contributed by atoms with E-state index in [1.54, 1.807) is 24.3 Å². The number of nitrogens with zero attached hydrogens (tertiary/aromatic N) is 1. The molecule has 1 heterocycles. The van der Waals surface area contributed by atoms with E-state index in [2.05, 4.69) is 25.8 Å². The van der Waals surface area contributed by atoms with Gasteiger partial charge in [-0.25, -0.2) is 13.4 Å². The molecule has 0 N–H and O–H groups in total. The Hall–Kier alpha value is -2.31. The summed E-state index contributed by atoms with van der Waals surface area (Å²) in [5.74, 6) is -0.353. The number of rotatable bonds is 6. The van der Waals surface area contributed by atoms with Crippen molar-refractivity contribution < 1.29 is 13.2 Å². The molecule has 0 aliphatic carbocycles. The van der Waals surface area contributed by atoms with E-state index in [1.165, 1.54) is 25.2 Å². The molecule has 0 aliphatic heterocycles. The highest BCUT2D eigenvalue weighted by molar-refractivity contribution is 7.93. The number of benzene rings is 2. The fourth-order valence-corrected chi connectivity index (χ4v) is 6.05. The van der Waals surface area contributed by atoms with Gasteiger partial charge in [-0.15, -0.1) is 11.3 Å². The molecular formula is C25H29NO3S2. The molecule has 0 saturated carbocycles. The van der Waals surface area contributed by atoms with Crippen molar-refractivity contribution in [3.8, 4) is 11.1 Å². The Morgan fingerprint density at radius 2 is 1.45 bits per heavy atom. The average Bonchev–Trinajstić information content (AvgIpc) is 3.09. The van der Waals surface area contributed by atoms with E-state index in [4.69, 9.17) is 0 Å². The Kier molecular flexibility index (Phi) is 6.27. The summed E-state index contributed by atoms with van der Waals surface area (Å²) in [4.78, 5) is 18.9. The lowest BCUT2D eigenvalue weighted by molar-refractivity contribution is -0.120. The lowest BCUT2D eigenvalue weighted by Gasteiger charge is -2.23. The van der Waals surface area contributed by atoms with Crippen molar-refractivity contribution in [2.75, 3.05) is 0 Å². The number of carbonyl (C=O) groups excluding carboxylic acids is 1. The van der Waals surface area contributed by atoms with Crippen LogP contribution in [0.1, 0.15) is 50.2 Å². The van der Waals surface area contributed by atoms with E-state index in [0.29, 0.717) is 5.01 Å². The molecule has 2 aromatic carbocycles. The quantitative estimate of drug-likeness (QED) is 0.473. The SMILES string of the molecule is Cc1nc(CC(=O)C(C)(C)S(=O)(=O)c2ccc(-c3ccccc3)cc2)sc1C(C)(C)C. The fraction of sp³-hybridized carbons (Fsp3) is 0.360. The van der Waals surface area contributed by atoms with Gasteiger partial charge in [-0.05, 0) is 49.4 Å². The summed E-state index contributed by atoms with van der Waals surface area (Å²) in [6, 6.07) is 16.5. The number of sulfone groups is 1. The molecule has 31 heavy (non-hydrogen) atoms. The van der Waals surface area contributed by atoms with E-state index < -0.39 is 14.6 Å². The van der Waals surface area contributed by atoms with Gasteiger partial charge in [0.1, 0.15) is 9.75 Å². The van der Waals surface area contributed by atoms with Crippen molar-refractivity contribution in [2.24, 2.45) is 0 Å². The molecule has 0 atom stereocenters. The van der Waals surface area contributed by atoms with Gasteiger partial charge >= 0.3 is 0 Å². The molecule has 3 rings (SSSR count). The first-order chi connectivity index (χ1) is 14.3. The third-order valence-corrected chi connectivity index (χ3v) is 9.50. The summed E-state index contributed by atoms with van der Waals surface area (Å²) in [5.41, 5.74) is 2.77. The third-order valence-electron chi connectivity index (χ3n) is 5.45. The van der Waals surface area contributed by atoms with E-state index in [-0.39, 0.29) is 22.5 Å². The number of Topliss-reactive ketones (excluding diaryl/α,β-unsaturated/α-hetero) is 1. The number of aromatic nitrogens is 1. The average molecular weight is 456 g/mol. The maximum atomic E-state index is 13.3. The molecule has 4 nitrogen and oxygen atoms in total. The first-order valence-corrected chi connectivity index (χ1v) is 12.5. The fourth-order valence-electron chi connectivity index (χ4n) is 3.48. The second-order valence-electron chi connectivity index (χ2n) is 9.28. The zero-order chi connectivity index (χ0) is 23.0. The van der Waals surface area contributed by atoms with Gasteiger partial charge in [0, 0.05) is 4.88 Å². The van der Waals surface area contributed by atoms with Crippen molar-refractivity contribution in [2.45, 2.75) is 63.0 Å². The highest BCUT2D eigenvalue weighted by Gasteiger charge is 2.42. The van der Waals surface area contributed by atoms with Crippen LogP contribution in [-0.2, 0) is 26.5 Å². The summed E-state index contributed by atoms with van der Waals surface area (Å²) in [5, 5.41) is 0.662. The summed E-state index contributed by atoms with van der Waals surface area (Å²) in [7, 11) is -3.86. The van der Waals surface area contributed by atoms with Gasteiger partial charge in [-0.1, -0.05) is 63.2 Å². The minimum Gasteiger partial charge on any atom is -0.297 e. The van der Waals surface area contributed by atoms with Crippen LogP contribution in [0.5, 0.6) is 0 Å². The van der Waals surface area contributed by atoms with E-state index in [1.807, 2.05) is 37.3 Å². The predicted octanol–water partition coefficient (Wildman–Crippen LogP) is 5.78. The molecule has 0 aliphatic rings. The lowest BCUT2D eigenvalue weighted by Crippen LogP contribution is -2.41. The van der Waals surface area contributed by atoms with Gasteiger partial charge < -0.3 is 0 Å². The van der Waals surface area contributed by atoms with Crippen molar-refractivity contribution in [1.29, 1.82) is 0 Å². The summed E-state index contributed by atoms with van der Waals surface area (Å²) in [6.45, 7) is 11.2. The topological polar surface area (TPSA) is 64.1 Å². The van der Waals surface area contributed by atoms with Crippen molar-refractivity contribution >= 4 is 27.0 Å². The zero-order valence-electron chi connectivity index (χ0n) is 18.9. The molecule has 0 saturated heterocycles. The summed E-state index contributed by atoms with van der Waals surface area (Å²) >= 11 is 1.49. The van der Waals surface area contributed by atoms with Crippen LogP contribution in [0, 0.1) is 6.92 Å². The second kappa shape index (κ2) is 8.32. The zero-order valence-corrected chi connectivity index (χ0v) is 20.5. The first kappa shape index (κ1) is 23.4. The molecular weight excluding hydrogens is 426 g/mol. The van der Waals surface area contributed by atoms with Crippen LogP contribution in [0.15, 0.2) is 59.5 Å². The van der Waals surface area contributed by atoms with Gasteiger partial charge in [0.05, 0.1) is 17.0 Å². The molecule has 0 bridgehead atoms. The largest absolute Gasteiger partial charge is 0.297 e. The minimum atomic E-state index is -3.86. The Labute approximate surface area is 189 Å². The Morgan fingerprint density at radius 1 is 0.903 bits per heavy atom. The van der Waals surface area contributed by atoms with Crippen molar-refractivity contribution in [3.63, 3.8) is 0 Å². The number of hydrogen-bond acceptors (Lipinski definition) is 5. The van der Waals surface area contributed by atoms with Gasteiger partial charge in [-0.2, -0.15) is 0 Å². The summed E-state index contributed by atoms with van der Waals surface area (Å²) < 4.78 is 25.1. The van der Waals surface area contributed by atoms with E-state index in [0.717, 1.165) is 21.7 Å². The molecule has 0 spiro atoms. The van der Waals surface area contributed by atoms with Gasteiger partial charge in [0.25, 0.3) is 0 Å². The Bertz CT molecular complexity index is 1180. The van der Waals surface area contributed by atoms with Crippen LogP contribution < -0.4 is 0 Å². The van der Waals surface area contributed by atoms with Crippen LogP contribution in [-0.4, -0.2) is 23.9 Å². The number of thiazole rings is 1.